The van der Waals surface area contributed by atoms with E-state index >= 15 is 0 Å². The molecule has 9 heteroatoms. The number of anilines is 2. The summed E-state index contributed by atoms with van der Waals surface area (Å²) >= 11 is 2.21. The van der Waals surface area contributed by atoms with Gasteiger partial charge < -0.3 is 25.4 Å². The Bertz CT molecular complexity index is 1010. The zero-order valence-electron chi connectivity index (χ0n) is 17.2. The number of nitrogens with zero attached hydrogens (tertiary/aromatic N) is 4. The van der Waals surface area contributed by atoms with Crippen molar-refractivity contribution in [1.29, 1.82) is 0 Å². The van der Waals surface area contributed by atoms with Crippen LogP contribution in [0.4, 0.5) is 11.8 Å². The molecular weight excluding hydrogens is 483 g/mol. The molecule has 0 bridgehead atoms. The lowest BCUT2D eigenvalue weighted by Crippen LogP contribution is -2.39. The third-order valence-corrected chi connectivity index (χ3v) is 5.54. The highest BCUT2D eigenvalue weighted by Crippen LogP contribution is 2.26. The topological polar surface area (TPSA) is 108 Å². The van der Waals surface area contributed by atoms with Crippen LogP contribution in [0.2, 0.25) is 0 Å². The van der Waals surface area contributed by atoms with Gasteiger partial charge in [0.25, 0.3) is 0 Å². The van der Waals surface area contributed by atoms with Gasteiger partial charge in [0.15, 0.2) is 17.0 Å². The normalized spacial score (nSPS) is 13.1. The fraction of sp³-hybridized carbons (Fsp3) is 0.450. The predicted octanol–water partition coefficient (Wildman–Crippen LogP) is 3.90. The van der Waals surface area contributed by atoms with Gasteiger partial charge in [-0.15, -0.1) is 0 Å². The SMILES string of the molecule is CC(C)n1cnc2c(NCc3cc(I)ccc3O)nc(NC(C)C(C)(C)O)nc21. The number of aromatic nitrogens is 4. The van der Waals surface area contributed by atoms with E-state index < -0.39 is 5.60 Å². The molecule has 4 N–H and O–H groups in total. The molecule has 8 nitrogen and oxygen atoms in total. The Hall–Kier alpha value is -2.14. The fourth-order valence-corrected chi connectivity index (χ4v) is 3.28. The largest absolute Gasteiger partial charge is 0.508 e. The summed E-state index contributed by atoms with van der Waals surface area (Å²) in [6, 6.07) is 5.38. The average Bonchev–Trinajstić information content (AvgIpc) is 3.05. The van der Waals surface area contributed by atoms with Crippen molar-refractivity contribution in [3.63, 3.8) is 0 Å². The van der Waals surface area contributed by atoms with Crippen LogP contribution in [0.5, 0.6) is 5.75 Å². The van der Waals surface area contributed by atoms with E-state index in [1.54, 1.807) is 26.2 Å². The highest BCUT2D eigenvalue weighted by Gasteiger charge is 2.24. The van der Waals surface area contributed by atoms with Crippen LogP contribution in [0, 0.1) is 3.57 Å². The van der Waals surface area contributed by atoms with Crippen LogP contribution in [-0.2, 0) is 6.54 Å². The lowest BCUT2D eigenvalue weighted by atomic mass is 10.0. The van der Waals surface area contributed by atoms with Gasteiger partial charge in [-0.05, 0) is 75.4 Å². The van der Waals surface area contributed by atoms with Crippen LogP contribution >= 0.6 is 22.6 Å². The number of rotatable bonds is 7. The Kier molecular flexibility index (Phi) is 6.18. The van der Waals surface area contributed by atoms with Gasteiger partial charge in [0.2, 0.25) is 5.95 Å². The van der Waals surface area contributed by atoms with Crippen LogP contribution in [0.15, 0.2) is 24.5 Å². The molecular formula is C20H27IN6O2. The molecule has 0 aliphatic heterocycles. The summed E-state index contributed by atoms with van der Waals surface area (Å²) < 4.78 is 3.01. The number of imidazole rings is 1. The second kappa shape index (κ2) is 8.31. The maximum Gasteiger partial charge on any atom is 0.227 e. The number of halogens is 1. The maximum atomic E-state index is 10.3. The Balaban J connectivity index is 1.99. The van der Waals surface area contributed by atoms with Crippen LogP contribution in [-0.4, -0.2) is 41.4 Å². The van der Waals surface area contributed by atoms with Crippen molar-refractivity contribution >= 4 is 45.5 Å². The average molecular weight is 510 g/mol. The molecule has 2 aromatic heterocycles. The molecule has 0 aliphatic rings. The predicted molar refractivity (Wildman–Crippen MR) is 123 cm³/mol. The molecule has 29 heavy (non-hydrogen) atoms. The highest BCUT2D eigenvalue weighted by molar-refractivity contribution is 14.1. The van der Waals surface area contributed by atoms with Gasteiger partial charge in [0.1, 0.15) is 5.75 Å². The van der Waals surface area contributed by atoms with E-state index in [0.29, 0.717) is 29.5 Å². The second-order valence-electron chi connectivity index (χ2n) is 7.96. The number of nitrogens with one attached hydrogen (secondary N) is 2. The minimum atomic E-state index is -0.934. The van der Waals surface area contributed by atoms with Gasteiger partial charge >= 0.3 is 0 Å². The summed E-state index contributed by atoms with van der Waals surface area (Å²) in [7, 11) is 0. The van der Waals surface area contributed by atoms with Crippen LogP contribution in [0.1, 0.15) is 46.2 Å². The zero-order chi connectivity index (χ0) is 21.3. The van der Waals surface area contributed by atoms with Gasteiger partial charge in [0.05, 0.1) is 18.0 Å². The summed E-state index contributed by atoms with van der Waals surface area (Å²) in [6.07, 6.45) is 1.75. The third-order valence-electron chi connectivity index (χ3n) is 4.87. The molecule has 0 saturated heterocycles. The van der Waals surface area contributed by atoms with Crippen molar-refractivity contribution in [1.82, 2.24) is 19.5 Å². The monoisotopic (exact) mass is 510 g/mol. The van der Waals surface area contributed by atoms with E-state index in [1.165, 1.54) is 0 Å². The number of benzene rings is 1. The Morgan fingerprint density at radius 2 is 1.93 bits per heavy atom. The van der Waals surface area contributed by atoms with E-state index in [4.69, 9.17) is 0 Å². The molecule has 156 valence electrons. The number of fused-ring (bicyclic) bond motifs is 1. The molecule has 1 unspecified atom stereocenters. The Morgan fingerprint density at radius 1 is 1.21 bits per heavy atom. The summed E-state index contributed by atoms with van der Waals surface area (Å²) in [6.45, 7) is 9.87. The first-order valence-electron chi connectivity index (χ1n) is 9.51. The maximum absolute atomic E-state index is 10.3. The molecule has 3 aromatic rings. The Labute approximate surface area is 183 Å². The number of phenols is 1. The van der Waals surface area contributed by atoms with Crippen molar-refractivity contribution in [2.24, 2.45) is 0 Å². The summed E-state index contributed by atoms with van der Waals surface area (Å²) in [5, 5.41) is 26.9. The summed E-state index contributed by atoms with van der Waals surface area (Å²) in [4.78, 5) is 13.7. The first-order chi connectivity index (χ1) is 13.6. The smallest absolute Gasteiger partial charge is 0.227 e. The molecule has 0 spiro atoms. The van der Waals surface area contributed by atoms with Crippen LogP contribution in [0.25, 0.3) is 11.2 Å². The van der Waals surface area contributed by atoms with Gasteiger partial charge in [-0.25, -0.2) is 4.98 Å². The third kappa shape index (κ3) is 4.89. The first kappa shape index (κ1) is 21.6. The molecule has 1 atom stereocenters. The summed E-state index contributed by atoms with van der Waals surface area (Å²) in [5.41, 5.74) is 1.20. The van der Waals surface area contributed by atoms with Gasteiger partial charge in [-0.2, -0.15) is 9.97 Å². The molecule has 3 rings (SSSR count). The van der Waals surface area contributed by atoms with Gasteiger partial charge in [-0.3, -0.25) is 0 Å². The first-order valence-corrected chi connectivity index (χ1v) is 10.6. The molecule has 0 fully saturated rings. The minimum absolute atomic E-state index is 0.182. The number of aliphatic hydroxyl groups is 1. The number of hydrogen-bond acceptors (Lipinski definition) is 7. The van der Waals surface area contributed by atoms with Gasteiger partial charge in [0, 0.05) is 21.7 Å². The zero-order valence-corrected chi connectivity index (χ0v) is 19.4. The number of hydrogen-bond donors (Lipinski definition) is 4. The van der Waals surface area contributed by atoms with E-state index in [9.17, 15) is 10.2 Å². The molecule has 1 aromatic carbocycles. The van der Waals surface area contributed by atoms with E-state index in [1.807, 2.05) is 23.6 Å². The van der Waals surface area contributed by atoms with Crippen LogP contribution < -0.4 is 10.6 Å². The van der Waals surface area contributed by atoms with Gasteiger partial charge in [-0.1, -0.05) is 0 Å². The van der Waals surface area contributed by atoms with Crippen molar-refractivity contribution < 1.29 is 10.2 Å². The quantitative estimate of drug-likeness (QED) is 0.357. The minimum Gasteiger partial charge on any atom is -0.508 e. The van der Waals surface area contributed by atoms with E-state index in [0.717, 1.165) is 9.13 Å². The van der Waals surface area contributed by atoms with Crippen molar-refractivity contribution in [2.45, 2.75) is 58.8 Å². The molecule has 0 radical (unpaired) electrons. The lowest BCUT2D eigenvalue weighted by molar-refractivity contribution is 0.0646. The fourth-order valence-electron chi connectivity index (χ4n) is 2.73. The molecule has 0 amide bonds. The molecule has 0 aliphatic carbocycles. The molecule has 0 saturated carbocycles. The van der Waals surface area contributed by atoms with Crippen molar-refractivity contribution in [3.8, 4) is 5.75 Å². The number of aromatic hydroxyl groups is 1. The second-order valence-corrected chi connectivity index (χ2v) is 9.21. The highest BCUT2D eigenvalue weighted by atomic mass is 127. The van der Waals surface area contributed by atoms with Crippen LogP contribution in [0.3, 0.4) is 0 Å². The van der Waals surface area contributed by atoms with Crippen molar-refractivity contribution in [3.05, 3.63) is 33.7 Å². The number of phenolic OH excluding ortho intramolecular Hbond substituents is 1. The van der Waals surface area contributed by atoms with Crippen molar-refractivity contribution in [2.75, 3.05) is 10.6 Å². The Morgan fingerprint density at radius 3 is 2.59 bits per heavy atom. The molecule has 2 heterocycles. The van der Waals surface area contributed by atoms with E-state index in [2.05, 4.69) is 62.0 Å². The standard InChI is InChI=1S/C20H27IN6O2/c1-11(2)27-10-23-16-17(22-9-13-8-14(21)6-7-15(13)28)25-19(26-18(16)27)24-12(3)20(4,5)29/h6-8,10-12,28-29H,9H2,1-5H3,(H2,22,24,25,26). The summed E-state index contributed by atoms with van der Waals surface area (Å²) in [5.74, 6) is 1.20. The lowest BCUT2D eigenvalue weighted by Gasteiger charge is -2.26. The van der Waals surface area contributed by atoms with E-state index in [-0.39, 0.29) is 17.8 Å².